The fraction of sp³-hybridized carbons (Fsp3) is 0.0588. The first-order chi connectivity index (χ1) is 11.0. The summed E-state index contributed by atoms with van der Waals surface area (Å²) in [5.74, 6) is -1.89. The zero-order valence-corrected chi connectivity index (χ0v) is 11.9. The van der Waals surface area contributed by atoms with E-state index in [1.165, 1.54) is 12.3 Å². The standard InChI is InChI=1S/C17H12F2N2O2/c18-11-5-6-13(19)14(9-11)20-17(23)10-21-8-7-16(22)12-3-1-2-4-15(12)21/h1-9H,10H2,(H,20,23). The van der Waals surface area contributed by atoms with Gasteiger partial charge in [0.1, 0.15) is 18.2 Å². The first kappa shape index (κ1) is 14.9. The molecule has 0 radical (unpaired) electrons. The second-order valence-electron chi connectivity index (χ2n) is 5.00. The van der Waals surface area contributed by atoms with Crippen LogP contribution in [0.1, 0.15) is 0 Å². The predicted molar refractivity (Wildman–Crippen MR) is 83.2 cm³/mol. The monoisotopic (exact) mass is 314 g/mol. The van der Waals surface area contributed by atoms with Crippen LogP contribution in [0.15, 0.2) is 59.5 Å². The molecular formula is C17H12F2N2O2. The molecule has 0 atom stereocenters. The van der Waals surface area contributed by atoms with Gasteiger partial charge in [-0.1, -0.05) is 12.1 Å². The number of carbonyl (C=O) groups excluding carboxylic acids is 1. The van der Waals surface area contributed by atoms with Gasteiger partial charge in [-0.3, -0.25) is 9.59 Å². The van der Waals surface area contributed by atoms with E-state index >= 15 is 0 Å². The van der Waals surface area contributed by atoms with E-state index in [1.807, 2.05) is 0 Å². The van der Waals surface area contributed by atoms with Crippen molar-refractivity contribution in [2.24, 2.45) is 0 Å². The molecule has 1 aromatic heterocycles. The predicted octanol–water partition coefficient (Wildman–Crippen LogP) is 2.92. The quantitative estimate of drug-likeness (QED) is 0.808. The largest absolute Gasteiger partial charge is 0.338 e. The van der Waals surface area contributed by atoms with Crippen molar-refractivity contribution in [2.75, 3.05) is 5.32 Å². The van der Waals surface area contributed by atoms with Crippen LogP contribution in [0.3, 0.4) is 0 Å². The lowest BCUT2D eigenvalue weighted by molar-refractivity contribution is -0.116. The molecule has 0 fully saturated rings. The third-order valence-electron chi connectivity index (χ3n) is 3.40. The van der Waals surface area contributed by atoms with Crippen molar-refractivity contribution in [3.05, 3.63) is 76.6 Å². The SMILES string of the molecule is O=C(Cn1ccc(=O)c2ccccc21)Nc1cc(F)ccc1F. The minimum absolute atomic E-state index is 0.128. The molecule has 4 nitrogen and oxygen atoms in total. The number of nitrogens with zero attached hydrogens (tertiary/aromatic N) is 1. The Labute approximate surface area is 130 Å². The number of amides is 1. The van der Waals surface area contributed by atoms with Gasteiger partial charge in [-0.05, 0) is 24.3 Å². The molecule has 0 bridgehead atoms. The fourth-order valence-electron chi connectivity index (χ4n) is 2.34. The Kier molecular flexibility index (Phi) is 3.89. The minimum Gasteiger partial charge on any atom is -0.338 e. The van der Waals surface area contributed by atoms with Gasteiger partial charge in [0.05, 0.1) is 11.2 Å². The lowest BCUT2D eigenvalue weighted by atomic mass is 10.2. The van der Waals surface area contributed by atoms with E-state index in [9.17, 15) is 18.4 Å². The van der Waals surface area contributed by atoms with E-state index < -0.39 is 17.5 Å². The third-order valence-corrected chi connectivity index (χ3v) is 3.40. The number of pyridine rings is 1. The van der Waals surface area contributed by atoms with Gasteiger partial charge in [0, 0.05) is 23.7 Å². The van der Waals surface area contributed by atoms with E-state index in [-0.39, 0.29) is 17.7 Å². The maximum absolute atomic E-state index is 13.5. The van der Waals surface area contributed by atoms with Crippen LogP contribution in [0.25, 0.3) is 10.9 Å². The molecule has 0 aliphatic rings. The Balaban J connectivity index is 1.88. The van der Waals surface area contributed by atoms with Crippen molar-refractivity contribution in [1.29, 1.82) is 0 Å². The normalized spacial score (nSPS) is 10.7. The Bertz CT molecular complexity index is 951. The molecule has 2 aromatic carbocycles. The fourth-order valence-corrected chi connectivity index (χ4v) is 2.34. The molecule has 0 saturated heterocycles. The van der Waals surface area contributed by atoms with E-state index in [0.717, 1.165) is 18.2 Å². The molecule has 1 N–H and O–H groups in total. The first-order valence-electron chi connectivity index (χ1n) is 6.88. The Hall–Kier alpha value is -3.02. The van der Waals surface area contributed by atoms with Crippen LogP contribution >= 0.6 is 0 Å². The molecule has 0 saturated carbocycles. The van der Waals surface area contributed by atoms with Gasteiger partial charge in [0.15, 0.2) is 5.43 Å². The van der Waals surface area contributed by atoms with Crippen LogP contribution < -0.4 is 10.7 Å². The molecule has 0 unspecified atom stereocenters. The molecule has 0 aliphatic carbocycles. The van der Waals surface area contributed by atoms with Crippen molar-refractivity contribution in [1.82, 2.24) is 4.57 Å². The third kappa shape index (κ3) is 3.11. The van der Waals surface area contributed by atoms with Gasteiger partial charge >= 0.3 is 0 Å². The van der Waals surface area contributed by atoms with E-state index in [4.69, 9.17) is 0 Å². The van der Waals surface area contributed by atoms with Crippen molar-refractivity contribution in [2.45, 2.75) is 6.54 Å². The average Bonchev–Trinajstić information content (AvgIpc) is 2.54. The number of carbonyl (C=O) groups is 1. The molecular weight excluding hydrogens is 302 g/mol. The molecule has 23 heavy (non-hydrogen) atoms. The zero-order chi connectivity index (χ0) is 16.4. The summed E-state index contributed by atoms with van der Waals surface area (Å²) in [4.78, 5) is 23.9. The number of rotatable bonds is 3. The highest BCUT2D eigenvalue weighted by Crippen LogP contribution is 2.16. The molecule has 1 amide bonds. The van der Waals surface area contributed by atoms with E-state index in [1.54, 1.807) is 28.8 Å². The maximum Gasteiger partial charge on any atom is 0.244 e. The summed E-state index contributed by atoms with van der Waals surface area (Å²) in [6.45, 7) is -0.128. The second-order valence-corrected chi connectivity index (χ2v) is 5.00. The molecule has 3 aromatic rings. The van der Waals surface area contributed by atoms with E-state index in [0.29, 0.717) is 10.9 Å². The van der Waals surface area contributed by atoms with Gasteiger partial charge < -0.3 is 9.88 Å². The van der Waals surface area contributed by atoms with Gasteiger partial charge in [0.25, 0.3) is 0 Å². The summed E-state index contributed by atoms with van der Waals surface area (Å²) in [6, 6.07) is 11.1. The molecule has 3 rings (SSSR count). The highest BCUT2D eigenvalue weighted by Gasteiger charge is 2.10. The van der Waals surface area contributed by atoms with Crippen molar-refractivity contribution in [3.8, 4) is 0 Å². The summed E-state index contributed by atoms with van der Waals surface area (Å²) in [6.07, 6.45) is 1.49. The molecule has 1 heterocycles. The number of para-hydroxylation sites is 1. The molecule has 116 valence electrons. The Morgan fingerprint density at radius 2 is 1.87 bits per heavy atom. The first-order valence-corrected chi connectivity index (χ1v) is 6.88. The molecule has 0 aliphatic heterocycles. The van der Waals surface area contributed by atoms with Gasteiger partial charge in [-0.15, -0.1) is 0 Å². The number of fused-ring (bicyclic) bond motifs is 1. The highest BCUT2D eigenvalue weighted by molar-refractivity contribution is 5.91. The van der Waals surface area contributed by atoms with Crippen LogP contribution in [-0.2, 0) is 11.3 Å². The van der Waals surface area contributed by atoms with Crippen molar-refractivity contribution < 1.29 is 13.6 Å². The number of hydrogen-bond donors (Lipinski definition) is 1. The second kappa shape index (κ2) is 6.00. The molecule has 6 heteroatoms. The number of halogens is 2. The lowest BCUT2D eigenvalue weighted by Crippen LogP contribution is -2.21. The van der Waals surface area contributed by atoms with Crippen LogP contribution in [0.4, 0.5) is 14.5 Å². The number of hydrogen-bond acceptors (Lipinski definition) is 2. The Morgan fingerprint density at radius 1 is 1.09 bits per heavy atom. The lowest BCUT2D eigenvalue weighted by Gasteiger charge is -2.11. The summed E-state index contributed by atoms with van der Waals surface area (Å²) in [7, 11) is 0. The van der Waals surface area contributed by atoms with Crippen molar-refractivity contribution >= 4 is 22.5 Å². The smallest absolute Gasteiger partial charge is 0.244 e. The summed E-state index contributed by atoms with van der Waals surface area (Å²) in [5, 5.41) is 2.81. The highest BCUT2D eigenvalue weighted by atomic mass is 19.1. The number of aromatic nitrogens is 1. The van der Waals surface area contributed by atoms with Crippen LogP contribution in [0.5, 0.6) is 0 Å². The van der Waals surface area contributed by atoms with Gasteiger partial charge in [-0.2, -0.15) is 0 Å². The minimum atomic E-state index is -0.718. The summed E-state index contributed by atoms with van der Waals surface area (Å²) in [5.41, 5.74) is 0.226. The van der Waals surface area contributed by atoms with Crippen LogP contribution in [0, 0.1) is 11.6 Å². The van der Waals surface area contributed by atoms with Gasteiger partial charge in [-0.25, -0.2) is 8.78 Å². The average molecular weight is 314 g/mol. The van der Waals surface area contributed by atoms with Crippen LogP contribution in [-0.4, -0.2) is 10.5 Å². The van der Waals surface area contributed by atoms with E-state index in [2.05, 4.69) is 5.32 Å². The van der Waals surface area contributed by atoms with Crippen molar-refractivity contribution in [3.63, 3.8) is 0 Å². The summed E-state index contributed by atoms with van der Waals surface area (Å²) < 4.78 is 28.2. The summed E-state index contributed by atoms with van der Waals surface area (Å²) >= 11 is 0. The maximum atomic E-state index is 13.5. The zero-order valence-electron chi connectivity index (χ0n) is 11.9. The topological polar surface area (TPSA) is 51.1 Å². The van der Waals surface area contributed by atoms with Crippen LogP contribution in [0.2, 0.25) is 0 Å². The van der Waals surface area contributed by atoms with Gasteiger partial charge in [0.2, 0.25) is 5.91 Å². The number of anilines is 1. The molecule has 0 spiro atoms. The number of benzene rings is 2. The number of nitrogens with one attached hydrogen (secondary N) is 1. The Morgan fingerprint density at radius 3 is 2.70 bits per heavy atom.